The van der Waals surface area contributed by atoms with Crippen molar-refractivity contribution >= 4 is 46.6 Å². The first-order chi connectivity index (χ1) is 12.6. The normalized spacial score (nSPS) is 14.7. The van der Waals surface area contributed by atoms with Gasteiger partial charge in [0, 0.05) is 28.0 Å². The predicted molar refractivity (Wildman–Crippen MR) is 107 cm³/mol. The number of esters is 1. The Labute approximate surface area is 166 Å². The molecular weight excluding hydrogens is 390 g/mol. The van der Waals surface area contributed by atoms with Gasteiger partial charge in [0.05, 0.1) is 5.41 Å². The minimum Gasteiger partial charge on any atom is -0.455 e. The highest BCUT2D eigenvalue weighted by molar-refractivity contribution is 7.98. The molecule has 2 aromatic rings. The van der Waals surface area contributed by atoms with Gasteiger partial charge in [-0.1, -0.05) is 29.8 Å². The van der Waals surface area contributed by atoms with Crippen LogP contribution in [0.15, 0.2) is 41.8 Å². The molecule has 1 amide bonds. The zero-order chi connectivity index (χ0) is 18.4. The molecule has 1 aliphatic carbocycles. The summed E-state index contributed by atoms with van der Waals surface area (Å²) in [6.45, 7) is 0.332. The Morgan fingerprint density at radius 1 is 1.23 bits per heavy atom. The molecule has 1 aromatic heterocycles. The van der Waals surface area contributed by atoms with Gasteiger partial charge in [0.1, 0.15) is 0 Å². The van der Waals surface area contributed by atoms with Crippen LogP contribution < -0.4 is 5.32 Å². The van der Waals surface area contributed by atoms with E-state index in [0.29, 0.717) is 11.6 Å². The van der Waals surface area contributed by atoms with Crippen molar-refractivity contribution in [3.8, 4) is 0 Å². The molecule has 1 N–H and O–H groups in total. The average molecular weight is 410 g/mol. The number of carbonyl (C=O) groups is 2. The van der Waals surface area contributed by atoms with E-state index in [1.165, 1.54) is 4.88 Å². The Kier molecular flexibility index (Phi) is 6.62. The Bertz CT molecular complexity index is 743. The molecule has 0 aliphatic heterocycles. The maximum absolute atomic E-state index is 12.4. The summed E-state index contributed by atoms with van der Waals surface area (Å²) in [6, 6.07) is 11.4. The summed E-state index contributed by atoms with van der Waals surface area (Å²) in [5.74, 6) is 1.18. The Morgan fingerprint density at radius 3 is 2.65 bits per heavy atom. The molecule has 7 heteroatoms. The van der Waals surface area contributed by atoms with Crippen LogP contribution >= 0.6 is 34.7 Å². The zero-order valence-electron chi connectivity index (χ0n) is 14.2. The Hall–Kier alpha value is -1.50. The second kappa shape index (κ2) is 8.93. The number of hydrogen-bond acceptors (Lipinski definition) is 5. The summed E-state index contributed by atoms with van der Waals surface area (Å²) in [4.78, 5) is 25.6. The van der Waals surface area contributed by atoms with E-state index in [4.69, 9.17) is 16.3 Å². The van der Waals surface area contributed by atoms with Crippen LogP contribution in [0.25, 0.3) is 0 Å². The first kappa shape index (κ1) is 19.3. The van der Waals surface area contributed by atoms with E-state index in [1.807, 2.05) is 18.2 Å². The zero-order valence-corrected chi connectivity index (χ0v) is 16.6. The van der Waals surface area contributed by atoms with E-state index in [1.54, 1.807) is 35.2 Å². The van der Waals surface area contributed by atoms with Gasteiger partial charge in [-0.05, 0) is 42.0 Å². The summed E-state index contributed by atoms with van der Waals surface area (Å²) in [7, 11) is 0. The molecule has 4 nitrogen and oxygen atoms in total. The molecule has 26 heavy (non-hydrogen) atoms. The second-order valence-corrected chi connectivity index (χ2v) is 8.72. The van der Waals surface area contributed by atoms with E-state index >= 15 is 0 Å². The lowest BCUT2D eigenvalue weighted by atomic mass is 9.96. The number of ether oxygens (including phenoxy) is 1. The third-order valence-electron chi connectivity index (χ3n) is 4.26. The number of hydrogen-bond donors (Lipinski definition) is 1. The predicted octanol–water partition coefficient (Wildman–Crippen LogP) is 4.03. The van der Waals surface area contributed by atoms with Crippen LogP contribution in [-0.2, 0) is 25.5 Å². The highest BCUT2D eigenvalue weighted by atomic mass is 35.5. The number of amides is 1. The second-order valence-electron chi connectivity index (χ2n) is 6.15. The van der Waals surface area contributed by atoms with E-state index in [9.17, 15) is 9.59 Å². The van der Waals surface area contributed by atoms with E-state index < -0.39 is 5.41 Å². The van der Waals surface area contributed by atoms with Crippen molar-refractivity contribution in [2.24, 2.45) is 0 Å². The summed E-state index contributed by atoms with van der Waals surface area (Å²) in [5.41, 5.74) is 0.304. The lowest BCUT2D eigenvalue weighted by molar-refractivity contribution is -0.151. The van der Waals surface area contributed by atoms with Crippen LogP contribution in [0.1, 0.15) is 23.3 Å². The largest absolute Gasteiger partial charge is 0.455 e. The molecule has 1 aromatic carbocycles. The van der Waals surface area contributed by atoms with Crippen LogP contribution in [0.4, 0.5) is 0 Å². The van der Waals surface area contributed by atoms with Gasteiger partial charge in [0.2, 0.25) is 0 Å². The van der Waals surface area contributed by atoms with Gasteiger partial charge in [0.25, 0.3) is 5.91 Å². The fourth-order valence-corrected chi connectivity index (χ4v) is 4.48. The summed E-state index contributed by atoms with van der Waals surface area (Å²) in [5, 5.41) is 5.48. The van der Waals surface area contributed by atoms with Crippen molar-refractivity contribution in [3.05, 3.63) is 57.2 Å². The van der Waals surface area contributed by atoms with Gasteiger partial charge in [0.15, 0.2) is 6.61 Å². The first-order valence-electron chi connectivity index (χ1n) is 8.40. The van der Waals surface area contributed by atoms with Crippen molar-refractivity contribution in [3.63, 3.8) is 0 Å². The topological polar surface area (TPSA) is 55.4 Å². The lowest BCUT2D eigenvalue weighted by Crippen LogP contribution is -2.33. The smallest absolute Gasteiger partial charge is 0.317 e. The molecule has 1 saturated carbocycles. The number of benzene rings is 1. The quantitative estimate of drug-likeness (QED) is 0.502. The van der Waals surface area contributed by atoms with Gasteiger partial charge < -0.3 is 10.1 Å². The summed E-state index contributed by atoms with van der Waals surface area (Å²) < 4.78 is 5.24. The maximum atomic E-state index is 12.4. The number of nitrogens with one attached hydrogen (secondary N) is 1. The van der Waals surface area contributed by atoms with Crippen molar-refractivity contribution < 1.29 is 14.3 Å². The fraction of sp³-hybridized carbons (Fsp3) is 0.368. The van der Waals surface area contributed by atoms with Crippen LogP contribution in [-0.4, -0.2) is 30.8 Å². The molecule has 0 radical (unpaired) electrons. The molecule has 0 saturated heterocycles. The summed E-state index contributed by atoms with van der Waals surface area (Å²) >= 11 is 9.39. The molecule has 0 spiro atoms. The van der Waals surface area contributed by atoms with Gasteiger partial charge in [-0.3, -0.25) is 9.59 Å². The van der Waals surface area contributed by atoms with E-state index in [0.717, 1.165) is 29.9 Å². The molecule has 0 bridgehead atoms. The maximum Gasteiger partial charge on any atom is 0.317 e. The van der Waals surface area contributed by atoms with Crippen LogP contribution in [0.3, 0.4) is 0 Å². The number of thioether (sulfide) groups is 1. The Balaban J connectivity index is 1.35. The monoisotopic (exact) mass is 409 g/mol. The van der Waals surface area contributed by atoms with Gasteiger partial charge >= 0.3 is 5.97 Å². The Morgan fingerprint density at radius 2 is 2.00 bits per heavy atom. The standard InChI is InChI=1S/C19H20ClNO3S2/c20-15-5-3-14(4-6-15)19(7-8-19)18(23)24-12-17(22)21-9-11-25-13-16-2-1-10-26-16/h1-6,10H,7-9,11-13H2,(H,21,22). The molecule has 138 valence electrons. The summed E-state index contributed by atoms with van der Waals surface area (Å²) in [6.07, 6.45) is 1.49. The lowest BCUT2D eigenvalue weighted by Gasteiger charge is -2.15. The third kappa shape index (κ3) is 5.02. The number of halogens is 1. The third-order valence-corrected chi connectivity index (χ3v) is 6.58. The average Bonchev–Trinajstić information content (AvgIpc) is 3.29. The first-order valence-corrected chi connectivity index (χ1v) is 10.8. The van der Waals surface area contributed by atoms with E-state index in [-0.39, 0.29) is 18.5 Å². The highest BCUT2D eigenvalue weighted by Gasteiger charge is 2.52. The fourth-order valence-electron chi connectivity index (χ4n) is 2.65. The van der Waals surface area contributed by atoms with Crippen molar-refractivity contribution in [2.75, 3.05) is 18.9 Å². The van der Waals surface area contributed by atoms with Crippen LogP contribution in [0.5, 0.6) is 0 Å². The van der Waals surface area contributed by atoms with Crippen LogP contribution in [0, 0.1) is 0 Å². The molecule has 1 fully saturated rings. The molecule has 1 heterocycles. The van der Waals surface area contributed by atoms with Gasteiger partial charge in [-0.2, -0.15) is 11.8 Å². The minimum atomic E-state index is -0.596. The minimum absolute atomic E-state index is 0.232. The van der Waals surface area contributed by atoms with Crippen molar-refractivity contribution in [1.29, 1.82) is 0 Å². The SMILES string of the molecule is O=C(COC(=O)C1(c2ccc(Cl)cc2)CC1)NCCSCc1cccs1. The van der Waals surface area contributed by atoms with Gasteiger partial charge in [-0.15, -0.1) is 11.3 Å². The van der Waals surface area contributed by atoms with Crippen LogP contribution in [0.2, 0.25) is 5.02 Å². The molecule has 0 unspecified atom stereocenters. The number of rotatable bonds is 9. The number of thiophene rings is 1. The van der Waals surface area contributed by atoms with Crippen molar-refractivity contribution in [1.82, 2.24) is 5.32 Å². The van der Waals surface area contributed by atoms with E-state index in [2.05, 4.69) is 16.8 Å². The highest BCUT2D eigenvalue weighted by Crippen LogP contribution is 2.49. The molecule has 0 atom stereocenters. The molecular formula is C19H20ClNO3S2. The molecule has 1 aliphatic rings. The molecule has 3 rings (SSSR count). The van der Waals surface area contributed by atoms with Gasteiger partial charge in [-0.25, -0.2) is 0 Å². The van der Waals surface area contributed by atoms with Crippen molar-refractivity contribution in [2.45, 2.75) is 24.0 Å². The number of carbonyl (C=O) groups excluding carboxylic acids is 2.